The van der Waals surface area contributed by atoms with E-state index in [-0.39, 0.29) is 10.7 Å². The molecule has 0 atom stereocenters. The molecule has 120 valence electrons. The van der Waals surface area contributed by atoms with Gasteiger partial charge >= 0.3 is 0 Å². The molecule has 1 aromatic heterocycles. The maximum atomic E-state index is 12.7. The largest absolute Gasteiger partial charge is 0.465 e. The molecule has 3 rings (SSSR count). The van der Waals surface area contributed by atoms with Crippen molar-refractivity contribution < 1.29 is 14.0 Å². The molecular weight excluding hydrogens is 324 g/mol. The Morgan fingerprint density at radius 3 is 2.67 bits per heavy atom. The van der Waals surface area contributed by atoms with E-state index in [9.17, 15) is 9.59 Å². The van der Waals surface area contributed by atoms with E-state index in [0.29, 0.717) is 11.4 Å². The normalized spacial score (nSPS) is 17.0. The topological polar surface area (TPSA) is 62.6 Å². The first-order valence-electron chi connectivity index (χ1n) is 7.25. The summed E-state index contributed by atoms with van der Waals surface area (Å²) < 4.78 is 5.17. The number of nitrogens with one attached hydrogen (secondary N) is 1. The molecule has 1 aliphatic heterocycles. The molecule has 1 N–H and O–H groups in total. The van der Waals surface area contributed by atoms with Gasteiger partial charge in [-0.25, -0.2) is 0 Å². The van der Waals surface area contributed by atoms with Crippen molar-refractivity contribution in [2.45, 2.75) is 6.92 Å². The molecule has 6 heteroatoms. The van der Waals surface area contributed by atoms with E-state index >= 15 is 0 Å². The van der Waals surface area contributed by atoms with Crippen molar-refractivity contribution in [3.63, 3.8) is 0 Å². The summed E-state index contributed by atoms with van der Waals surface area (Å²) in [5.74, 6) is -0.345. The highest BCUT2D eigenvalue weighted by Crippen LogP contribution is 2.24. The van der Waals surface area contributed by atoms with Gasteiger partial charge in [0.25, 0.3) is 11.8 Å². The second-order valence-corrected chi connectivity index (χ2v) is 5.53. The second kappa shape index (κ2) is 6.64. The number of furan rings is 1. The first kappa shape index (κ1) is 15.9. The van der Waals surface area contributed by atoms with Crippen LogP contribution < -0.4 is 10.2 Å². The summed E-state index contributed by atoms with van der Waals surface area (Å²) >= 11 is 5.17. The van der Waals surface area contributed by atoms with Gasteiger partial charge in [-0.1, -0.05) is 24.3 Å². The zero-order chi connectivity index (χ0) is 17.1. The average Bonchev–Trinajstić information content (AvgIpc) is 3.05. The lowest BCUT2D eigenvalue weighted by Gasteiger charge is -2.29. The van der Waals surface area contributed by atoms with Gasteiger partial charge in [0.1, 0.15) is 11.3 Å². The number of amides is 2. The number of benzene rings is 1. The van der Waals surface area contributed by atoms with E-state index in [1.54, 1.807) is 36.6 Å². The fourth-order valence-electron chi connectivity index (χ4n) is 2.34. The van der Waals surface area contributed by atoms with Crippen molar-refractivity contribution in [2.24, 2.45) is 0 Å². The van der Waals surface area contributed by atoms with Crippen molar-refractivity contribution in [2.75, 3.05) is 4.90 Å². The van der Waals surface area contributed by atoms with Crippen LogP contribution in [0.15, 0.2) is 64.8 Å². The molecule has 2 heterocycles. The lowest BCUT2D eigenvalue weighted by molar-refractivity contribution is -0.122. The number of thiocarbonyl (C=S) groups is 1. The van der Waals surface area contributed by atoms with Crippen molar-refractivity contribution in [1.29, 1.82) is 0 Å². The third-order valence-corrected chi connectivity index (χ3v) is 3.81. The van der Waals surface area contributed by atoms with Gasteiger partial charge in [-0.15, -0.1) is 0 Å². The van der Waals surface area contributed by atoms with Crippen LogP contribution in [0, 0.1) is 6.92 Å². The predicted molar refractivity (Wildman–Crippen MR) is 95.2 cm³/mol. The van der Waals surface area contributed by atoms with Crippen LogP contribution in [0.25, 0.3) is 6.08 Å². The van der Waals surface area contributed by atoms with Crippen LogP contribution in [-0.2, 0) is 9.59 Å². The summed E-state index contributed by atoms with van der Waals surface area (Å²) in [5, 5.41) is 2.63. The summed E-state index contributed by atoms with van der Waals surface area (Å²) in [6.07, 6.45) is 6.26. The van der Waals surface area contributed by atoms with Crippen LogP contribution in [0.1, 0.15) is 11.3 Å². The minimum atomic E-state index is -0.515. The highest BCUT2D eigenvalue weighted by atomic mass is 32.1. The molecule has 2 aromatic rings. The smallest absolute Gasteiger partial charge is 0.270 e. The zero-order valence-corrected chi connectivity index (χ0v) is 13.7. The summed E-state index contributed by atoms with van der Waals surface area (Å²) in [7, 11) is 0. The summed E-state index contributed by atoms with van der Waals surface area (Å²) in [6.45, 7) is 1.88. The van der Waals surface area contributed by atoms with E-state index in [2.05, 4.69) is 5.32 Å². The number of nitrogens with zero attached hydrogens (tertiary/aromatic N) is 1. The minimum Gasteiger partial charge on any atom is -0.465 e. The molecule has 2 amide bonds. The van der Waals surface area contributed by atoms with Gasteiger partial charge in [-0.05, 0) is 55.1 Å². The Hall–Kier alpha value is -2.99. The first-order valence-corrected chi connectivity index (χ1v) is 7.66. The zero-order valence-electron chi connectivity index (χ0n) is 12.9. The molecule has 0 bridgehead atoms. The third-order valence-electron chi connectivity index (χ3n) is 3.52. The Balaban J connectivity index is 1.93. The Labute approximate surface area is 144 Å². The van der Waals surface area contributed by atoms with Gasteiger partial charge < -0.3 is 4.42 Å². The van der Waals surface area contributed by atoms with Gasteiger partial charge in [0, 0.05) is 0 Å². The Morgan fingerprint density at radius 2 is 1.96 bits per heavy atom. The SMILES string of the molecule is Cc1ccccc1N1C(=O)/C(=C\C=C\c2ccco2)C(=O)NC1=S. The molecule has 5 nitrogen and oxygen atoms in total. The number of aryl methyl sites for hydroxylation is 1. The molecule has 0 radical (unpaired) electrons. The van der Waals surface area contributed by atoms with Crippen molar-refractivity contribution in [1.82, 2.24) is 5.32 Å². The summed E-state index contributed by atoms with van der Waals surface area (Å²) in [4.78, 5) is 26.2. The number of hydrogen-bond acceptors (Lipinski definition) is 4. The lowest BCUT2D eigenvalue weighted by Crippen LogP contribution is -2.54. The van der Waals surface area contributed by atoms with E-state index in [1.807, 2.05) is 25.1 Å². The number of allylic oxidation sites excluding steroid dienone is 2. The van der Waals surface area contributed by atoms with Crippen LogP contribution >= 0.6 is 12.2 Å². The molecule has 0 unspecified atom stereocenters. The number of carbonyl (C=O) groups excluding carboxylic acids is 2. The fourth-order valence-corrected chi connectivity index (χ4v) is 2.61. The highest BCUT2D eigenvalue weighted by molar-refractivity contribution is 7.80. The fraction of sp³-hybridized carbons (Fsp3) is 0.0556. The number of carbonyl (C=O) groups is 2. The number of hydrogen-bond donors (Lipinski definition) is 1. The van der Waals surface area contributed by atoms with Crippen LogP contribution in [0.2, 0.25) is 0 Å². The third kappa shape index (κ3) is 3.04. The minimum absolute atomic E-state index is 0.00894. The van der Waals surface area contributed by atoms with Gasteiger partial charge in [0.05, 0.1) is 12.0 Å². The summed E-state index contributed by atoms with van der Waals surface area (Å²) in [6, 6.07) is 10.9. The number of rotatable bonds is 3. The van der Waals surface area contributed by atoms with E-state index in [0.717, 1.165) is 5.56 Å². The summed E-state index contributed by atoms with van der Waals surface area (Å²) in [5.41, 5.74) is 1.54. The van der Waals surface area contributed by atoms with Gasteiger partial charge in [0.2, 0.25) is 0 Å². The lowest BCUT2D eigenvalue weighted by atomic mass is 10.1. The Bertz CT molecular complexity index is 866. The monoisotopic (exact) mass is 338 g/mol. The van der Waals surface area contributed by atoms with Crippen molar-refractivity contribution in [3.8, 4) is 0 Å². The van der Waals surface area contributed by atoms with Gasteiger partial charge in [0.15, 0.2) is 5.11 Å². The molecule has 0 aliphatic carbocycles. The first-order chi connectivity index (χ1) is 11.6. The molecular formula is C18H14N2O3S. The number of para-hydroxylation sites is 1. The quantitative estimate of drug-likeness (QED) is 0.531. The molecule has 0 saturated carbocycles. The van der Waals surface area contributed by atoms with Crippen molar-refractivity contribution in [3.05, 3.63) is 71.7 Å². The predicted octanol–water partition coefficient (Wildman–Crippen LogP) is 2.98. The Kier molecular flexibility index (Phi) is 4.39. The molecule has 1 aromatic carbocycles. The maximum absolute atomic E-state index is 12.7. The maximum Gasteiger partial charge on any atom is 0.270 e. The molecule has 0 spiro atoms. The van der Waals surface area contributed by atoms with E-state index in [1.165, 1.54) is 11.0 Å². The Morgan fingerprint density at radius 1 is 1.17 bits per heavy atom. The molecule has 1 aliphatic rings. The molecule has 1 fully saturated rings. The van der Waals surface area contributed by atoms with Crippen LogP contribution in [0.5, 0.6) is 0 Å². The standard InChI is InChI=1S/C18H14N2O3S/c1-12-6-2-3-10-15(12)20-17(22)14(16(21)19-18(20)24)9-4-7-13-8-5-11-23-13/h2-11H,1H3,(H,19,21,24)/b7-4+,14-9-. The van der Waals surface area contributed by atoms with Crippen LogP contribution in [0.3, 0.4) is 0 Å². The number of anilines is 1. The van der Waals surface area contributed by atoms with Crippen LogP contribution in [0.4, 0.5) is 5.69 Å². The van der Waals surface area contributed by atoms with Gasteiger partial charge in [-0.3, -0.25) is 19.8 Å². The van der Waals surface area contributed by atoms with Crippen LogP contribution in [-0.4, -0.2) is 16.9 Å². The highest BCUT2D eigenvalue weighted by Gasteiger charge is 2.34. The van der Waals surface area contributed by atoms with Gasteiger partial charge in [-0.2, -0.15) is 0 Å². The van der Waals surface area contributed by atoms with E-state index < -0.39 is 11.8 Å². The average molecular weight is 338 g/mol. The molecule has 24 heavy (non-hydrogen) atoms. The van der Waals surface area contributed by atoms with E-state index in [4.69, 9.17) is 16.6 Å². The second-order valence-electron chi connectivity index (χ2n) is 5.14. The molecule has 1 saturated heterocycles. The van der Waals surface area contributed by atoms with Crippen molar-refractivity contribution >= 4 is 40.9 Å².